The maximum Gasteiger partial charge on any atom is 0.327 e. The summed E-state index contributed by atoms with van der Waals surface area (Å²) in [7, 11) is 1.61. The third-order valence-corrected chi connectivity index (χ3v) is 4.79. The lowest BCUT2D eigenvalue weighted by molar-refractivity contribution is -0.139. The standard InChI is InChI=1S/C10H9BrN2O2S2/c1-12-8(10(14)15)5-4-16-9(13-5)6-2-3-7(11)17-6/h2-4,8,12H,1H3,(H,14,15). The van der Waals surface area contributed by atoms with Gasteiger partial charge in [0, 0.05) is 5.38 Å². The van der Waals surface area contributed by atoms with Crippen LogP contribution in [0, 0.1) is 0 Å². The Labute approximate surface area is 114 Å². The molecule has 90 valence electrons. The molecule has 7 heteroatoms. The highest BCUT2D eigenvalue weighted by Gasteiger charge is 2.21. The molecule has 0 aliphatic heterocycles. The zero-order chi connectivity index (χ0) is 12.4. The maximum absolute atomic E-state index is 11.0. The fourth-order valence-corrected chi connectivity index (χ4v) is 3.66. The van der Waals surface area contributed by atoms with Gasteiger partial charge in [-0.05, 0) is 35.1 Å². The van der Waals surface area contributed by atoms with E-state index in [1.807, 2.05) is 12.1 Å². The summed E-state index contributed by atoms with van der Waals surface area (Å²) in [6.45, 7) is 0. The van der Waals surface area contributed by atoms with Crippen molar-refractivity contribution in [1.29, 1.82) is 0 Å². The first kappa shape index (κ1) is 12.7. The zero-order valence-electron chi connectivity index (χ0n) is 8.81. The molecule has 0 aliphatic rings. The highest BCUT2D eigenvalue weighted by atomic mass is 79.9. The fraction of sp³-hybridized carbons (Fsp3) is 0.200. The van der Waals surface area contributed by atoms with Gasteiger partial charge < -0.3 is 10.4 Å². The number of aliphatic carboxylic acids is 1. The molecule has 2 N–H and O–H groups in total. The molecule has 0 aromatic carbocycles. The van der Waals surface area contributed by atoms with Crippen LogP contribution in [0.3, 0.4) is 0 Å². The van der Waals surface area contributed by atoms with Gasteiger partial charge in [0.1, 0.15) is 11.0 Å². The first-order valence-corrected chi connectivity index (χ1v) is 7.22. The summed E-state index contributed by atoms with van der Waals surface area (Å²) >= 11 is 6.42. The Morgan fingerprint density at radius 2 is 2.35 bits per heavy atom. The molecule has 0 saturated heterocycles. The molecule has 4 nitrogen and oxygen atoms in total. The van der Waals surface area contributed by atoms with Gasteiger partial charge in [-0.1, -0.05) is 0 Å². The summed E-state index contributed by atoms with van der Waals surface area (Å²) in [5.74, 6) is -0.920. The molecule has 0 spiro atoms. The number of thiophene rings is 1. The average molecular weight is 333 g/mol. The number of carbonyl (C=O) groups is 1. The molecule has 2 rings (SSSR count). The van der Waals surface area contributed by atoms with E-state index in [0.29, 0.717) is 5.69 Å². The summed E-state index contributed by atoms with van der Waals surface area (Å²) in [4.78, 5) is 16.4. The largest absolute Gasteiger partial charge is 0.480 e. The molecule has 0 amide bonds. The van der Waals surface area contributed by atoms with Crippen molar-refractivity contribution in [3.05, 3.63) is 27.0 Å². The van der Waals surface area contributed by atoms with E-state index in [4.69, 9.17) is 5.11 Å². The van der Waals surface area contributed by atoms with Crippen LogP contribution in [0.15, 0.2) is 21.3 Å². The number of carboxylic acid groups (broad SMARTS) is 1. The van der Waals surface area contributed by atoms with Gasteiger partial charge in [-0.3, -0.25) is 4.79 Å². The topological polar surface area (TPSA) is 62.2 Å². The van der Waals surface area contributed by atoms with Crippen molar-refractivity contribution < 1.29 is 9.90 Å². The van der Waals surface area contributed by atoms with Crippen molar-refractivity contribution >= 4 is 44.6 Å². The highest BCUT2D eigenvalue weighted by Crippen LogP contribution is 2.34. The van der Waals surface area contributed by atoms with E-state index < -0.39 is 12.0 Å². The third kappa shape index (κ3) is 2.74. The van der Waals surface area contributed by atoms with Gasteiger partial charge in [0.15, 0.2) is 0 Å². The van der Waals surface area contributed by atoms with Crippen LogP contribution < -0.4 is 5.32 Å². The Kier molecular flexibility index (Phi) is 3.93. The number of rotatable bonds is 4. The smallest absolute Gasteiger partial charge is 0.327 e. The number of hydrogen-bond donors (Lipinski definition) is 2. The molecule has 0 aliphatic carbocycles. The van der Waals surface area contributed by atoms with Crippen molar-refractivity contribution in [2.45, 2.75) is 6.04 Å². The molecule has 0 saturated carbocycles. The van der Waals surface area contributed by atoms with Crippen LogP contribution >= 0.6 is 38.6 Å². The van der Waals surface area contributed by atoms with Gasteiger partial charge in [-0.15, -0.1) is 22.7 Å². The fourth-order valence-electron chi connectivity index (χ4n) is 1.36. The second-order valence-corrected chi connectivity index (χ2v) is 6.56. The van der Waals surface area contributed by atoms with Gasteiger partial charge in [-0.25, -0.2) is 4.98 Å². The Morgan fingerprint density at radius 1 is 1.59 bits per heavy atom. The van der Waals surface area contributed by atoms with Crippen LogP contribution in [-0.2, 0) is 4.79 Å². The maximum atomic E-state index is 11.0. The molecule has 2 aromatic heterocycles. The summed E-state index contributed by atoms with van der Waals surface area (Å²) in [5, 5.41) is 14.4. The number of likely N-dealkylation sites (N-methyl/N-ethyl adjacent to an activating group) is 1. The van der Waals surface area contributed by atoms with E-state index in [0.717, 1.165) is 13.7 Å². The molecule has 2 aromatic rings. The van der Waals surface area contributed by atoms with E-state index >= 15 is 0 Å². The van der Waals surface area contributed by atoms with Gasteiger partial charge in [-0.2, -0.15) is 0 Å². The Morgan fingerprint density at radius 3 is 2.88 bits per heavy atom. The summed E-state index contributed by atoms with van der Waals surface area (Å²) in [6, 6.07) is 3.17. The molecule has 17 heavy (non-hydrogen) atoms. The number of nitrogens with zero attached hydrogens (tertiary/aromatic N) is 1. The van der Waals surface area contributed by atoms with Crippen LogP contribution in [0.2, 0.25) is 0 Å². The van der Waals surface area contributed by atoms with E-state index in [9.17, 15) is 4.79 Å². The van der Waals surface area contributed by atoms with E-state index in [2.05, 4.69) is 26.2 Å². The van der Waals surface area contributed by atoms with Crippen LogP contribution in [-0.4, -0.2) is 23.1 Å². The molecule has 0 fully saturated rings. The summed E-state index contributed by atoms with van der Waals surface area (Å²) in [6.07, 6.45) is 0. The molecule has 1 atom stereocenters. The lowest BCUT2D eigenvalue weighted by atomic mass is 10.2. The Balaban J connectivity index is 2.29. The Hall–Kier alpha value is -0.760. The number of aromatic nitrogens is 1. The number of hydrogen-bond acceptors (Lipinski definition) is 5. The number of nitrogens with one attached hydrogen (secondary N) is 1. The monoisotopic (exact) mass is 332 g/mol. The van der Waals surface area contributed by atoms with Crippen LogP contribution in [0.25, 0.3) is 9.88 Å². The Bertz CT molecular complexity index is 538. The minimum atomic E-state index is -0.920. The van der Waals surface area contributed by atoms with Gasteiger partial charge in [0.05, 0.1) is 14.4 Å². The van der Waals surface area contributed by atoms with Crippen molar-refractivity contribution in [3.63, 3.8) is 0 Å². The molecular weight excluding hydrogens is 324 g/mol. The first-order chi connectivity index (χ1) is 8.11. The minimum absolute atomic E-state index is 0.546. The van der Waals surface area contributed by atoms with Gasteiger partial charge >= 0.3 is 5.97 Å². The SMILES string of the molecule is CNC(C(=O)O)c1csc(-c2ccc(Br)s2)n1. The van der Waals surface area contributed by atoms with Gasteiger partial charge in [0.2, 0.25) is 0 Å². The normalized spacial score (nSPS) is 12.6. The van der Waals surface area contributed by atoms with Crippen molar-refractivity contribution in [2.24, 2.45) is 0 Å². The van der Waals surface area contributed by atoms with Crippen LogP contribution in [0.5, 0.6) is 0 Å². The number of halogens is 1. The van der Waals surface area contributed by atoms with Crippen LogP contribution in [0.1, 0.15) is 11.7 Å². The van der Waals surface area contributed by atoms with Crippen LogP contribution in [0.4, 0.5) is 0 Å². The second-order valence-electron chi connectivity index (χ2n) is 3.24. The second kappa shape index (κ2) is 5.26. The lowest BCUT2D eigenvalue weighted by Gasteiger charge is -2.06. The average Bonchev–Trinajstić information content (AvgIpc) is 2.87. The van der Waals surface area contributed by atoms with E-state index in [-0.39, 0.29) is 0 Å². The summed E-state index contributed by atoms with van der Waals surface area (Å²) in [5.41, 5.74) is 0.546. The lowest BCUT2D eigenvalue weighted by Crippen LogP contribution is -2.25. The number of thiazole rings is 1. The van der Waals surface area contributed by atoms with E-state index in [1.54, 1.807) is 23.8 Å². The van der Waals surface area contributed by atoms with Crippen molar-refractivity contribution in [3.8, 4) is 9.88 Å². The first-order valence-electron chi connectivity index (χ1n) is 4.73. The highest BCUT2D eigenvalue weighted by molar-refractivity contribution is 9.11. The molecular formula is C10H9BrN2O2S2. The molecule has 0 bridgehead atoms. The minimum Gasteiger partial charge on any atom is -0.480 e. The van der Waals surface area contributed by atoms with Gasteiger partial charge in [0.25, 0.3) is 0 Å². The summed E-state index contributed by atoms with van der Waals surface area (Å²) < 4.78 is 1.03. The molecule has 2 heterocycles. The number of carboxylic acids is 1. The molecule has 0 radical (unpaired) electrons. The predicted molar refractivity (Wildman–Crippen MR) is 72.6 cm³/mol. The zero-order valence-corrected chi connectivity index (χ0v) is 12.0. The van der Waals surface area contributed by atoms with Crippen molar-refractivity contribution in [2.75, 3.05) is 7.05 Å². The van der Waals surface area contributed by atoms with Crippen molar-refractivity contribution in [1.82, 2.24) is 10.3 Å². The third-order valence-electron chi connectivity index (χ3n) is 2.14. The predicted octanol–water partition coefficient (Wildman–Crippen LogP) is 2.98. The van der Waals surface area contributed by atoms with E-state index in [1.165, 1.54) is 11.3 Å². The molecule has 1 unspecified atom stereocenters. The quantitative estimate of drug-likeness (QED) is 0.903.